The van der Waals surface area contributed by atoms with Crippen molar-refractivity contribution in [2.75, 3.05) is 5.43 Å². The molecule has 0 aliphatic heterocycles. The lowest BCUT2D eigenvalue weighted by Gasteiger charge is -1.98. The number of hydrogen-bond donors (Lipinski definition) is 1. The SMILES string of the molecule is Cc1cccc2sc(Nn3cnnc3)nc12. The third kappa shape index (κ3) is 1.53. The summed E-state index contributed by atoms with van der Waals surface area (Å²) in [5.41, 5.74) is 5.33. The highest BCUT2D eigenvalue weighted by Crippen LogP contribution is 2.27. The molecule has 16 heavy (non-hydrogen) atoms. The van der Waals surface area contributed by atoms with Crippen LogP contribution in [-0.4, -0.2) is 19.9 Å². The number of benzene rings is 1. The first-order valence-corrected chi connectivity index (χ1v) is 5.62. The molecule has 3 aromatic rings. The average molecular weight is 231 g/mol. The molecule has 0 aliphatic carbocycles. The Kier molecular flexibility index (Phi) is 2.07. The molecule has 0 saturated carbocycles. The summed E-state index contributed by atoms with van der Waals surface area (Å²) in [7, 11) is 0. The lowest BCUT2D eigenvalue weighted by Crippen LogP contribution is -2.05. The van der Waals surface area contributed by atoms with Crippen molar-refractivity contribution in [3.8, 4) is 0 Å². The maximum Gasteiger partial charge on any atom is 0.203 e. The van der Waals surface area contributed by atoms with Crippen LogP contribution in [0.25, 0.3) is 10.2 Å². The Morgan fingerprint density at radius 1 is 1.25 bits per heavy atom. The van der Waals surface area contributed by atoms with Crippen molar-refractivity contribution >= 4 is 26.7 Å². The number of fused-ring (bicyclic) bond motifs is 1. The number of thiazole rings is 1. The summed E-state index contributed by atoms with van der Waals surface area (Å²) in [6, 6.07) is 6.17. The molecule has 0 radical (unpaired) electrons. The molecule has 1 N–H and O–H groups in total. The largest absolute Gasteiger partial charge is 0.266 e. The Morgan fingerprint density at radius 3 is 2.81 bits per heavy atom. The van der Waals surface area contributed by atoms with Gasteiger partial charge in [-0.25, -0.2) is 9.66 Å². The molecule has 3 rings (SSSR count). The predicted octanol–water partition coefficient (Wildman–Crippen LogP) is 2.07. The zero-order chi connectivity index (χ0) is 11.0. The summed E-state index contributed by atoms with van der Waals surface area (Å²) in [5.74, 6) is 0. The van der Waals surface area contributed by atoms with Crippen molar-refractivity contribution in [1.82, 2.24) is 19.9 Å². The molecule has 0 saturated heterocycles. The molecule has 0 bridgehead atoms. The minimum atomic E-state index is 0.837. The van der Waals surface area contributed by atoms with Crippen LogP contribution in [0.2, 0.25) is 0 Å². The first-order chi connectivity index (χ1) is 7.83. The van der Waals surface area contributed by atoms with Crippen LogP contribution in [0.1, 0.15) is 5.56 Å². The van der Waals surface area contributed by atoms with Gasteiger partial charge >= 0.3 is 0 Å². The van der Waals surface area contributed by atoms with E-state index in [1.807, 2.05) is 6.07 Å². The van der Waals surface area contributed by atoms with Gasteiger partial charge in [0, 0.05) is 0 Å². The summed E-state index contributed by atoms with van der Waals surface area (Å²) in [5, 5.41) is 8.27. The van der Waals surface area contributed by atoms with Crippen LogP contribution in [-0.2, 0) is 0 Å². The number of para-hydroxylation sites is 1. The third-order valence-corrected chi connectivity index (χ3v) is 3.19. The second kappa shape index (κ2) is 3.57. The topological polar surface area (TPSA) is 55.6 Å². The number of nitrogens with one attached hydrogen (secondary N) is 1. The fraction of sp³-hybridized carbons (Fsp3) is 0.100. The Labute approximate surface area is 95.7 Å². The van der Waals surface area contributed by atoms with E-state index < -0.39 is 0 Å². The number of aryl methyl sites for hydroxylation is 1. The predicted molar refractivity (Wildman–Crippen MR) is 63.4 cm³/mol. The molecule has 0 spiro atoms. The monoisotopic (exact) mass is 231 g/mol. The van der Waals surface area contributed by atoms with Gasteiger partial charge in [-0.2, -0.15) is 0 Å². The van der Waals surface area contributed by atoms with Gasteiger partial charge in [-0.3, -0.25) is 5.43 Å². The van der Waals surface area contributed by atoms with Crippen molar-refractivity contribution in [3.05, 3.63) is 36.4 Å². The fourth-order valence-corrected chi connectivity index (χ4v) is 2.45. The summed E-state index contributed by atoms with van der Waals surface area (Å²) in [4.78, 5) is 4.52. The summed E-state index contributed by atoms with van der Waals surface area (Å²) < 4.78 is 2.85. The number of aromatic nitrogens is 4. The third-order valence-electron chi connectivity index (χ3n) is 2.26. The smallest absolute Gasteiger partial charge is 0.203 e. The fourth-order valence-electron chi connectivity index (χ4n) is 1.50. The second-order valence-corrected chi connectivity index (χ2v) is 4.45. The number of nitrogens with zero attached hydrogens (tertiary/aromatic N) is 4. The zero-order valence-corrected chi connectivity index (χ0v) is 9.40. The van der Waals surface area contributed by atoms with Gasteiger partial charge in [0.25, 0.3) is 0 Å². The lowest BCUT2D eigenvalue weighted by molar-refractivity contribution is 0.948. The van der Waals surface area contributed by atoms with E-state index in [4.69, 9.17) is 0 Å². The zero-order valence-electron chi connectivity index (χ0n) is 8.58. The summed E-state index contributed by atoms with van der Waals surface area (Å²) >= 11 is 1.61. The molecule has 0 unspecified atom stereocenters. The van der Waals surface area contributed by atoms with Crippen molar-refractivity contribution in [2.45, 2.75) is 6.92 Å². The van der Waals surface area contributed by atoms with Gasteiger partial charge in [0.15, 0.2) is 0 Å². The molecule has 1 aromatic carbocycles. The van der Waals surface area contributed by atoms with Crippen molar-refractivity contribution in [2.24, 2.45) is 0 Å². The van der Waals surface area contributed by atoms with Crippen molar-refractivity contribution < 1.29 is 0 Å². The van der Waals surface area contributed by atoms with Gasteiger partial charge in [-0.05, 0) is 18.6 Å². The minimum Gasteiger partial charge on any atom is -0.266 e. The second-order valence-electron chi connectivity index (χ2n) is 3.42. The van der Waals surface area contributed by atoms with Crippen LogP contribution >= 0.6 is 11.3 Å². The molecule has 2 heterocycles. The maximum absolute atomic E-state index is 4.52. The Balaban J connectivity index is 2.02. The van der Waals surface area contributed by atoms with Crippen LogP contribution in [0, 0.1) is 6.92 Å². The standard InChI is InChI=1S/C10H9N5S/c1-7-3-2-4-8-9(7)13-10(16-8)14-15-5-11-12-6-15/h2-6H,1H3,(H,13,14). The van der Waals surface area contributed by atoms with Crippen LogP contribution in [0.15, 0.2) is 30.9 Å². The van der Waals surface area contributed by atoms with E-state index in [2.05, 4.69) is 39.7 Å². The van der Waals surface area contributed by atoms with Gasteiger partial charge in [-0.15, -0.1) is 10.2 Å². The van der Waals surface area contributed by atoms with Crippen molar-refractivity contribution in [1.29, 1.82) is 0 Å². The molecule has 0 fully saturated rings. The number of hydrogen-bond acceptors (Lipinski definition) is 5. The molecular formula is C10H9N5S. The molecule has 2 aromatic heterocycles. The van der Waals surface area contributed by atoms with Crippen LogP contribution in [0.4, 0.5) is 5.13 Å². The van der Waals surface area contributed by atoms with Gasteiger partial charge < -0.3 is 0 Å². The van der Waals surface area contributed by atoms with E-state index in [0.29, 0.717) is 0 Å². The quantitative estimate of drug-likeness (QED) is 0.733. The van der Waals surface area contributed by atoms with Crippen LogP contribution < -0.4 is 5.43 Å². The molecule has 0 atom stereocenters. The molecule has 0 amide bonds. The van der Waals surface area contributed by atoms with Crippen LogP contribution in [0.5, 0.6) is 0 Å². The van der Waals surface area contributed by atoms with E-state index in [-0.39, 0.29) is 0 Å². The van der Waals surface area contributed by atoms with Crippen molar-refractivity contribution in [3.63, 3.8) is 0 Å². The summed E-state index contributed by atoms with van der Waals surface area (Å²) in [6.45, 7) is 2.06. The molecule has 6 heteroatoms. The maximum atomic E-state index is 4.52. The normalized spacial score (nSPS) is 10.8. The van der Waals surface area contributed by atoms with Gasteiger partial charge in [-0.1, -0.05) is 23.5 Å². The number of rotatable bonds is 2. The Hall–Kier alpha value is -1.95. The van der Waals surface area contributed by atoms with E-state index >= 15 is 0 Å². The van der Waals surface area contributed by atoms with E-state index in [1.54, 1.807) is 28.7 Å². The highest BCUT2D eigenvalue weighted by Gasteiger charge is 2.05. The molecule has 5 nitrogen and oxygen atoms in total. The average Bonchev–Trinajstić information content (AvgIpc) is 2.88. The lowest BCUT2D eigenvalue weighted by atomic mass is 10.2. The van der Waals surface area contributed by atoms with E-state index in [0.717, 1.165) is 10.6 Å². The highest BCUT2D eigenvalue weighted by molar-refractivity contribution is 7.22. The molecule has 0 aliphatic rings. The van der Waals surface area contributed by atoms with Gasteiger partial charge in [0.05, 0.1) is 10.2 Å². The first-order valence-electron chi connectivity index (χ1n) is 4.81. The molecule has 80 valence electrons. The van der Waals surface area contributed by atoms with Gasteiger partial charge in [0.1, 0.15) is 12.7 Å². The first kappa shape index (κ1) is 9.29. The summed E-state index contributed by atoms with van der Waals surface area (Å²) in [6.07, 6.45) is 3.19. The minimum absolute atomic E-state index is 0.837. The van der Waals surface area contributed by atoms with Gasteiger partial charge in [0.2, 0.25) is 5.13 Å². The Bertz CT molecular complexity index is 613. The highest BCUT2D eigenvalue weighted by atomic mass is 32.1. The van der Waals surface area contributed by atoms with E-state index in [1.165, 1.54) is 10.3 Å². The molecular weight excluding hydrogens is 222 g/mol. The van der Waals surface area contributed by atoms with Crippen LogP contribution in [0.3, 0.4) is 0 Å². The van der Waals surface area contributed by atoms with E-state index in [9.17, 15) is 0 Å². The number of anilines is 1. The Morgan fingerprint density at radius 2 is 2.06 bits per heavy atom.